The summed E-state index contributed by atoms with van der Waals surface area (Å²) >= 11 is 0. The van der Waals surface area contributed by atoms with Gasteiger partial charge in [-0.1, -0.05) is 24.8 Å². The summed E-state index contributed by atoms with van der Waals surface area (Å²) in [4.78, 5) is 8.34. The van der Waals surface area contributed by atoms with E-state index in [0.29, 0.717) is 23.2 Å². The zero-order valence-corrected chi connectivity index (χ0v) is 13.4. The molecule has 6 heteroatoms. The predicted octanol–water partition coefficient (Wildman–Crippen LogP) is 3.21. The number of nitrogens with one attached hydrogen (secondary N) is 1. The van der Waals surface area contributed by atoms with Crippen LogP contribution in [0.3, 0.4) is 0 Å². The van der Waals surface area contributed by atoms with Crippen molar-refractivity contribution in [1.29, 1.82) is 5.41 Å². The predicted molar refractivity (Wildman–Crippen MR) is 96.4 cm³/mol. The van der Waals surface area contributed by atoms with Gasteiger partial charge in [-0.2, -0.15) is 0 Å². The molecule has 122 valence electrons. The molecule has 0 amide bonds. The summed E-state index contributed by atoms with van der Waals surface area (Å²) in [5.74, 6) is 1.54. The zero-order valence-electron chi connectivity index (χ0n) is 13.4. The largest absolute Gasteiger partial charge is 0.439 e. The zero-order chi connectivity index (χ0) is 17.4. The highest BCUT2D eigenvalue weighted by Crippen LogP contribution is 2.11. The van der Waals surface area contributed by atoms with Crippen molar-refractivity contribution < 1.29 is 4.74 Å². The molecule has 0 bridgehead atoms. The van der Waals surface area contributed by atoms with Crippen LogP contribution >= 0.6 is 0 Å². The number of allylic oxidation sites excluding steroid dienone is 4. The van der Waals surface area contributed by atoms with Gasteiger partial charge in [-0.05, 0) is 37.3 Å². The Kier molecular flexibility index (Phi) is 5.85. The normalized spacial score (nSPS) is 12.0. The van der Waals surface area contributed by atoms with Crippen molar-refractivity contribution in [3.63, 3.8) is 0 Å². The van der Waals surface area contributed by atoms with E-state index in [1.807, 2.05) is 31.2 Å². The van der Waals surface area contributed by atoms with Crippen LogP contribution in [0.15, 0.2) is 67.2 Å². The Morgan fingerprint density at radius 3 is 2.83 bits per heavy atom. The molecule has 0 saturated heterocycles. The minimum Gasteiger partial charge on any atom is -0.439 e. The number of hydrogen-bond acceptors (Lipinski definition) is 4. The lowest BCUT2D eigenvalue weighted by molar-refractivity contribution is 0.426. The summed E-state index contributed by atoms with van der Waals surface area (Å²) in [7, 11) is 0. The Hall–Kier alpha value is -3.41. The smallest absolute Gasteiger partial charge is 0.219 e. The fraction of sp³-hybridized carbons (Fsp3) is 0.0556. The molecule has 0 radical (unpaired) electrons. The van der Waals surface area contributed by atoms with E-state index < -0.39 is 0 Å². The third kappa shape index (κ3) is 4.30. The summed E-state index contributed by atoms with van der Waals surface area (Å²) < 4.78 is 7.19. The first-order chi connectivity index (χ1) is 11.7. The number of aromatic nitrogens is 3. The van der Waals surface area contributed by atoms with Gasteiger partial charge >= 0.3 is 0 Å². The number of hydrogen-bond donors (Lipinski definition) is 2. The highest BCUT2D eigenvalue weighted by Gasteiger charge is 2.06. The maximum atomic E-state index is 7.63. The minimum atomic E-state index is -0.121. The molecular weight excluding hydrogens is 302 g/mol. The van der Waals surface area contributed by atoms with E-state index in [1.54, 1.807) is 42.8 Å². The first-order valence-corrected chi connectivity index (χ1v) is 7.30. The first kappa shape index (κ1) is 17.0. The molecule has 0 aliphatic rings. The molecule has 0 spiro atoms. The molecule has 0 aliphatic heterocycles. The van der Waals surface area contributed by atoms with E-state index in [2.05, 4.69) is 16.5 Å². The van der Waals surface area contributed by atoms with E-state index in [0.717, 1.165) is 0 Å². The molecule has 0 aliphatic carbocycles. The van der Waals surface area contributed by atoms with Crippen LogP contribution in [0.1, 0.15) is 18.4 Å². The molecule has 0 unspecified atom stereocenters. The summed E-state index contributed by atoms with van der Waals surface area (Å²) in [5, 5.41) is 7.63. The standard InChI is InChI=1S/C18H19N5O/c1-3-8-15(24-17-11-5-6-12-21-17)9-7-10-16-22-13-14(4-2)23(16)18(19)20/h3-13H,2H2,1H3,(H3,19,20)/b8-3-,10-7+,15-9+. The second kappa shape index (κ2) is 8.28. The van der Waals surface area contributed by atoms with E-state index in [4.69, 9.17) is 15.9 Å². The van der Waals surface area contributed by atoms with Gasteiger partial charge in [-0.3, -0.25) is 9.98 Å². The van der Waals surface area contributed by atoms with Gasteiger partial charge in [0.25, 0.3) is 0 Å². The van der Waals surface area contributed by atoms with E-state index in [1.165, 1.54) is 4.57 Å². The average Bonchev–Trinajstić information content (AvgIpc) is 2.99. The van der Waals surface area contributed by atoms with Crippen molar-refractivity contribution in [2.45, 2.75) is 6.92 Å². The summed E-state index contributed by atoms with van der Waals surface area (Å²) in [6.45, 7) is 5.58. The van der Waals surface area contributed by atoms with Crippen molar-refractivity contribution in [3.05, 3.63) is 78.8 Å². The Morgan fingerprint density at radius 2 is 2.21 bits per heavy atom. The molecule has 2 rings (SSSR count). The highest BCUT2D eigenvalue weighted by molar-refractivity contribution is 5.82. The van der Waals surface area contributed by atoms with Crippen LogP contribution in [0.2, 0.25) is 0 Å². The van der Waals surface area contributed by atoms with Crippen LogP contribution in [0.5, 0.6) is 5.88 Å². The van der Waals surface area contributed by atoms with E-state index in [-0.39, 0.29) is 5.96 Å². The van der Waals surface area contributed by atoms with Crippen molar-refractivity contribution in [2.75, 3.05) is 0 Å². The van der Waals surface area contributed by atoms with Gasteiger partial charge in [0.2, 0.25) is 5.88 Å². The second-order valence-corrected chi connectivity index (χ2v) is 4.66. The van der Waals surface area contributed by atoms with Crippen molar-refractivity contribution in [3.8, 4) is 5.88 Å². The molecule has 2 heterocycles. The molecule has 0 saturated carbocycles. The van der Waals surface area contributed by atoms with Crippen molar-refractivity contribution in [1.82, 2.24) is 14.5 Å². The Morgan fingerprint density at radius 1 is 1.38 bits per heavy atom. The number of nitrogen functional groups attached to an aromatic ring is 1. The molecule has 2 aromatic heterocycles. The quantitative estimate of drug-likeness (QED) is 0.370. The molecular formula is C18H19N5O. The maximum absolute atomic E-state index is 7.63. The molecule has 0 aromatic carbocycles. The van der Waals surface area contributed by atoms with Gasteiger partial charge in [0.15, 0.2) is 5.96 Å². The fourth-order valence-electron chi connectivity index (χ4n) is 1.95. The number of imidazole rings is 1. The molecule has 0 fully saturated rings. The lowest BCUT2D eigenvalue weighted by Gasteiger charge is -2.05. The number of nitrogens with zero attached hydrogens (tertiary/aromatic N) is 3. The third-order valence-corrected chi connectivity index (χ3v) is 2.96. The van der Waals surface area contributed by atoms with Crippen LogP contribution in [-0.4, -0.2) is 20.5 Å². The molecule has 3 N–H and O–H groups in total. The van der Waals surface area contributed by atoms with Gasteiger partial charge in [-0.15, -0.1) is 0 Å². The Labute approximate surface area is 140 Å². The van der Waals surface area contributed by atoms with Gasteiger partial charge < -0.3 is 10.5 Å². The lowest BCUT2D eigenvalue weighted by atomic mass is 10.3. The van der Waals surface area contributed by atoms with Gasteiger partial charge in [0.05, 0.1) is 11.9 Å². The lowest BCUT2D eigenvalue weighted by Crippen LogP contribution is -2.22. The second-order valence-electron chi connectivity index (χ2n) is 4.66. The van der Waals surface area contributed by atoms with Crippen LogP contribution in [-0.2, 0) is 0 Å². The van der Waals surface area contributed by atoms with Gasteiger partial charge in [0, 0.05) is 12.3 Å². The van der Waals surface area contributed by atoms with Gasteiger partial charge in [0.1, 0.15) is 11.6 Å². The molecule has 24 heavy (non-hydrogen) atoms. The first-order valence-electron chi connectivity index (χ1n) is 7.30. The van der Waals surface area contributed by atoms with Crippen LogP contribution in [0.4, 0.5) is 0 Å². The Balaban J connectivity index is 2.23. The molecule has 2 aromatic rings. The number of nitrogens with two attached hydrogens (primary N) is 1. The maximum Gasteiger partial charge on any atom is 0.219 e. The SMILES string of the molecule is C=Cc1cnc(/C=C/C=C(\C=C/C)Oc2ccccn2)n1C(=N)N. The van der Waals surface area contributed by atoms with Gasteiger partial charge in [-0.25, -0.2) is 9.97 Å². The minimum absolute atomic E-state index is 0.121. The monoisotopic (exact) mass is 321 g/mol. The van der Waals surface area contributed by atoms with Crippen LogP contribution in [0.25, 0.3) is 12.2 Å². The van der Waals surface area contributed by atoms with Crippen molar-refractivity contribution in [2.24, 2.45) is 5.73 Å². The molecule has 0 atom stereocenters. The topological polar surface area (TPSA) is 89.8 Å². The Bertz CT molecular complexity index is 800. The summed E-state index contributed by atoms with van der Waals surface area (Å²) in [6.07, 6.45) is 13.8. The number of rotatable bonds is 6. The number of ether oxygens (including phenoxy) is 1. The van der Waals surface area contributed by atoms with E-state index >= 15 is 0 Å². The summed E-state index contributed by atoms with van der Waals surface area (Å²) in [5.41, 5.74) is 6.24. The van der Waals surface area contributed by atoms with Crippen molar-refractivity contribution >= 4 is 18.1 Å². The number of pyridine rings is 1. The molecule has 6 nitrogen and oxygen atoms in total. The van der Waals surface area contributed by atoms with Crippen LogP contribution in [0, 0.1) is 5.41 Å². The average molecular weight is 321 g/mol. The van der Waals surface area contributed by atoms with Crippen LogP contribution < -0.4 is 10.5 Å². The highest BCUT2D eigenvalue weighted by atomic mass is 16.5. The third-order valence-electron chi connectivity index (χ3n) is 2.96. The van der Waals surface area contributed by atoms with E-state index in [9.17, 15) is 0 Å². The fourth-order valence-corrected chi connectivity index (χ4v) is 1.95. The summed E-state index contributed by atoms with van der Waals surface area (Å²) in [6, 6.07) is 5.45.